The number of hydrogen-bond acceptors (Lipinski definition) is 8. The van der Waals surface area contributed by atoms with Crippen molar-refractivity contribution in [2.45, 2.75) is 44.3 Å². The lowest BCUT2D eigenvalue weighted by Crippen LogP contribution is -2.54. The Morgan fingerprint density at radius 3 is 2.59 bits per heavy atom. The lowest BCUT2D eigenvalue weighted by atomic mass is 9.77. The van der Waals surface area contributed by atoms with Crippen LogP contribution in [-0.2, 0) is 4.74 Å². The molecule has 0 spiro atoms. The van der Waals surface area contributed by atoms with Crippen LogP contribution in [0.4, 0.5) is 0 Å². The maximum atomic E-state index is 10.2. The molecule has 2 bridgehead atoms. The lowest BCUT2D eigenvalue weighted by molar-refractivity contribution is 0.0515. The van der Waals surface area contributed by atoms with Crippen molar-refractivity contribution in [2.24, 2.45) is 11.8 Å². The summed E-state index contributed by atoms with van der Waals surface area (Å²) in [5.74, 6) is 2.62. The van der Waals surface area contributed by atoms with E-state index in [1.54, 1.807) is 32.0 Å². The number of imidazole rings is 1. The van der Waals surface area contributed by atoms with E-state index >= 15 is 0 Å². The molecule has 3 unspecified atom stereocenters. The second-order valence-corrected chi connectivity index (χ2v) is 9.43. The van der Waals surface area contributed by atoms with Gasteiger partial charge in [-0.2, -0.15) is 0 Å². The van der Waals surface area contributed by atoms with Crippen molar-refractivity contribution in [3.63, 3.8) is 0 Å². The molecule has 3 fully saturated rings. The zero-order chi connectivity index (χ0) is 23.2. The highest BCUT2D eigenvalue weighted by Gasteiger charge is 2.62. The molecule has 1 saturated carbocycles. The normalized spacial score (nSPS) is 27.3. The Kier molecular flexibility index (Phi) is 5.51. The van der Waals surface area contributed by atoms with E-state index in [1.165, 1.54) is 6.42 Å². The first-order chi connectivity index (χ1) is 16.6. The third-order valence-electron chi connectivity index (χ3n) is 7.38. The summed E-state index contributed by atoms with van der Waals surface area (Å²) in [6.45, 7) is 2.01. The average Bonchev–Trinajstić information content (AvgIpc) is 3.39. The van der Waals surface area contributed by atoms with Gasteiger partial charge in [0.1, 0.15) is 11.9 Å². The van der Waals surface area contributed by atoms with E-state index in [2.05, 4.69) is 19.8 Å². The molecule has 4 heterocycles. The van der Waals surface area contributed by atoms with Crippen LogP contribution in [0.1, 0.15) is 19.3 Å². The molecule has 34 heavy (non-hydrogen) atoms. The molecule has 5 atom stereocenters. The molecule has 2 aromatic heterocycles. The molecule has 1 aliphatic carbocycles. The fourth-order valence-electron chi connectivity index (χ4n) is 5.91. The summed E-state index contributed by atoms with van der Waals surface area (Å²) in [5, 5.41) is 10.2. The van der Waals surface area contributed by atoms with E-state index in [9.17, 15) is 5.02 Å². The van der Waals surface area contributed by atoms with Crippen molar-refractivity contribution >= 4 is 7.05 Å². The van der Waals surface area contributed by atoms with Gasteiger partial charge >= 0.3 is 7.05 Å². The standard InChI is InChI=1S/C24H28BN5O4/c1-25(31)30-21-8-16(9-22(30)19-10-18(19)21)34-24-12-27-20(11-28-24)17-4-3-15(29-6-5-26-13-29)7-23(17)33-14-32-2/h3-7,11-13,16,18-19,21-22,31H,8-10,14H2,1-2H3/t16?,18-,19+,21?,22?. The largest absolute Gasteiger partial charge is 0.473 e. The molecular formula is C24H28BN5O4. The van der Waals surface area contributed by atoms with Crippen LogP contribution in [-0.4, -0.2) is 68.5 Å². The Bertz CT molecular complexity index is 1120. The van der Waals surface area contributed by atoms with Crippen molar-refractivity contribution in [3.8, 4) is 28.6 Å². The van der Waals surface area contributed by atoms with Crippen LogP contribution in [0.15, 0.2) is 49.3 Å². The number of methoxy groups -OCH3 is 1. The topological polar surface area (TPSA) is 94.8 Å². The number of benzene rings is 1. The summed E-state index contributed by atoms with van der Waals surface area (Å²) in [6, 6.07) is 6.70. The molecule has 9 nitrogen and oxygen atoms in total. The van der Waals surface area contributed by atoms with Crippen molar-refractivity contribution in [1.82, 2.24) is 24.3 Å². The highest BCUT2D eigenvalue weighted by atomic mass is 16.7. The summed E-state index contributed by atoms with van der Waals surface area (Å²) in [5.41, 5.74) is 2.45. The Hall–Kier alpha value is -2.95. The van der Waals surface area contributed by atoms with E-state index in [-0.39, 0.29) is 12.9 Å². The van der Waals surface area contributed by atoms with Crippen LogP contribution < -0.4 is 9.47 Å². The van der Waals surface area contributed by atoms with Crippen LogP contribution in [0, 0.1) is 11.8 Å². The van der Waals surface area contributed by atoms with E-state index in [1.807, 2.05) is 35.8 Å². The Labute approximate surface area is 198 Å². The second kappa shape index (κ2) is 8.68. The van der Waals surface area contributed by atoms with E-state index in [0.717, 1.165) is 35.9 Å². The van der Waals surface area contributed by atoms with Gasteiger partial charge in [0, 0.05) is 43.2 Å². The average molecular weight is 461 g/mol. The Morgan fingerprint density at radius 2 is 1.94 bits per heavy atom. The van der Waals surface area contributed by atoms with E-state index in [4.69, 9.17) is 14.2 Å². The first-order valence-corrected chi connectivity index (χ1v) is 11.8. The van der Waals surface area contributed by atoms with Crippen molar-refractivity contribution in [3.05, 3.63) is 49.3 Å². The van der Waals surface area contributed by atoms with Crippen molar-refractivity contribution in [2.75, 3.05) is 13.9 Å². The molecule has 0 radical (unpaired) electrons. The van der Waals surface area contributed by atoms with Crippen LogP contribution >= 0.6 is 0 Å². The predicted molar refractivity (Wildman–Crippen MR) is 126 cm³/mol. The molecule has 176 valence electrons. The predicted octanol–water partition coefficient (Wildman–Crippen LogP) is 2.65. The van der Waals surface area contributed by atoms with Gasteiger partial charge < -0.3 is 28.6 Å². The lowest BCUT2D eigenvalue weighted by Gasteiger charge is -2.42. The van der Waals surface area contributed by atoms with Crippen LogP contribution in [0.25, 0.3) is 16.9 Å². The molecule has 2 saturated heterocycles. The second-order valence-electron chi connectivity index (χ2n) is 9.43. The van der Waals surface area contributed by atoms with Gasteiger partial charge in [0.15, 0.2) is 6.79 Å². The first kappa shape index (κ1) is 21.6. The number of rotatable bonds is 8. The summed E-state index contributed by atoms with van der Waals surface area (Å²) in [4.78, 5) is 15.6. The third kappa shape index (κ3) is 3.85. The van der Waals surface area contributed by atoms with Gasteiger partial charge in [-0.05, 0) is 50.1 Å². The van der Waals surface area contributed by atoms with Crippen LogP contribution in [0.2, 0.25) is 6.82 Å². The van der Waals surface area contributed by atoms with Gasteiger partial charge in [-0.1, -0.05) is 0 Å². The zero-order valence-electron chi connectivity index (χ0n) is 19.3. The van der Waals surface area contributed by atoms with E-state index < -0.39 is 7.05 Å². The van der Waals surface area contributed by atoms with Gasteiger partial charge in [0.25, 0.3) is 0 Å². The number of piperidine rings is 2. The SMILES string of the molecule is COCOc1cc(-n2ccnc2)ccc1-c1cnc(OC2CC3[C@H]4C[C@H]4C(C2)N3B(C)O)cn1. The molecule has 2 aliphatic heterocycles. The minimum absolute atomic E-state index is 0.105. The maximum absolute atomic E-state index is 10.2. The molecule has 1 N–H and O–H groups in total. The third-order valence-corrected chi connectivity index (χ3v) is 7.38. The van der Waals surface area contributed by atoms with E-state index in [0.29, 0.717) is 29.4 Å². The summed E-state index contributed by atoms with van der Waals surface area (Å²) >= 11 is 0. The number of hydrogen-bond donors (Lipinski definition) is 1. The van der Waals surface area contributed by atoms with Crippen LogP contribution in [0.5, 0.6) is 11.6 Å². The summed E-state index contributed by atoms with van der Waals surface area (Å²) < 4.78 is 19.1. The highest BCUT2D eigenvalue weighted by molar-refractivity contribution is 6.45. The Balaban J connectivity index is 1.18. The Morgan fingerprint density at radius 1 is 1.12 bits per heavy atom. The van der Waals surface area contributed by atoms with Crippen molar-refractivity contribution in [1.29, 1.82) is 0 Å². The van der Waals surface area contributed by atoms with Crippen LogP contribution in [0.3, 0.4) is 0 Å². The van der Waals surface area contributed by atoms with Gasteiger partial charge in [0.2, 0.25) is 5.88 Å². The zero-order valence-corrected chi connectivity index (χ0v) is 19.3. The van der Waals surface area contributed by atoms with Gasteiger partial charge in [-0.25, -0.2) is 15.0 Å². The fourth-order valence-corrected chi connectivity index (χ4v) is 5.91. The molecular weight excluding hydrogens is 433 g/mol. The molecule has 0 amide bonds. The van der Waals surface area contributed by atoms with Gasteiger partial charge in [-0.3, -0.25) is 0 Å². The molecule has 1 aromatic carbocycles. The van der Waals surface area contributed by atoms with Crippen molar-refractivity contribution < 1.29 is 19.2 Å². The summed E-state index contributed by atoms with van der Waals surface area (Å²) in [7, 11) is 1.20. The smallest absolute Gasteiger partial charge is 0.376 e. The number of fused-ring (bicyclic) bond motifs is 5. The summed E-state index contributed by atoms with van der Waals surface area (Å²) in [6.07, 6.45) is 12.0. The molecule has 3 aliphatic rings. The van der Waals surface area contributed by atoms with Gasteiger partial charge in [0.05, 0.1) is 30.1 Å². The quantitative estimate of drug-likeness (QED) is 0.404. The number of nitrogens with zero attached hydrogens (tertiary/aromatic N) is 5. The minimum Gasteiger partial charge on any atom is -0.473 e. The van der Waals surface area contributed by atoms with Gasteiger partial charge in [-0.15, -0.1) is 0 Å². The highest BCUT2D eigenvalue weighted by Crippen LogP contribution is 2.58. The monoisotopic (exact) mass is 461 g/mol. The number of ether oxygens (including phenoxy) is 3. The molecule has 3 aromatic rings. The molecule has 6 rings (SSSR count). The minimum atomic E-state index is -0.391. The fraction of sp³-hybridized carbons (Fsp3) is 0.458. The first-order valence-electron chi connectivity index (χ1n) is 11.8. The number of aromatic nitrogens is 4. The molecule has 10 heteroatoms. The maximum Gasteiger partial charge on any atom is 0.376 e.